The largest absolute Gasteiger partial charge is 0.367 e. The Morgan fingerprint density at radius 3 is 2.24 bits per heavy atom. The van der Waals surface area contributed by atoms with Crippen LogP contribution in [0.25, 0.3) is 11.3 Å². The van der Waals surface area contributed by atoms with E-state index in [1.165, 1.54) is 18.9 Å². The first-order valence-electron chi connectivity index (χ1n) is 10.2. The van der Waals surface area contributed by atoms with Crippen LogP contribution in [0.3, 0.4) is 0 Å². The van der Waals surface area contributed by atoms with Gasteiger partial charge in [0.05, 0.1) is 11.4 Å². The normalized spacial score (nSPS) is 16.7. The Balaban J connectivity index is 1.38. The molecule has 6 heteroatoms. The number of piperazine rings is 1. The smallest absolute Gasteiger partial charge is 0.227 e. The van der Waals surface area contributed by atoms with Crippen LogP contribution in [0.15, 0.2) is 60.7 Å². The first-order chi connectivity index (χ1) is 14.3. The van der Waals surface area contributed by atoms with Crippen LogP contribution < -0.4 is 15.1 Å². The third-order valence-electron chi connectivity index (χ3n) is 5.47. The predicted octanol–water partition coefficient (Wildman–Crippen LogP) is 4.18. The quantitative estimate of drug-likeness (QED) is 0.709. The molecular weight excluding hydrogens is 365 g/mol. The van der Waals surface area contributed by atoms with Crippen LogP contribution in [0.1, 0.15) is 12.8 Å². The van der Waals surface area contributed by atoms with Gasteiger partial charge in [0.25, 0.3) is 0 Å². The summed E-state index contributed by atoms with van der Waals surface area (Å²) in [4.78, 5) is 13.9. The molecular formula is C23H24FN5. The van der Waals surface area contributed by atoms with Gasteiger partial charge in [-0.05, 0) is 25.0 Å². The molecule has 2 fully saturated rings. The fraction of sp³-hybridized carbons (Fsp3) is 0.304. The maximum atomic E-state index is 14.1. The van der Waals surface area contributed by atoms with E-state index in [0.717, 1.165) is 49.2 Å². The van der Waals surface area contributed by atoms with E-state index in [4.69, 9.17) is 9.97 Å². The zero-order valence-corrected chi connectivity index (χ0v) is 16.3. The van der Waals surface area contributed by atoms with Crippen LogP contribution in [0.2, 0.25) is 0 Å². The van der Waals surface area contributed by atoms with E-state index >= 15 is 0 Å². The molecule has 2 aromatic carbocycles. The van der Waals surface area contributed by atoms with E-state index in [2.05, 4.69) is 27.2 Å². The Morgan fingerprint density at radius 2 is 1.52 bits per heavy atom. The number of hydrogen-bond acceptors (Lipinski definition) is 5. The Kier molecular flexibility index (Phi) is 4.76. The fourth-order valence-corrected chi connectivity index (χ4v) is 3.70. The number of halogens is 1. The van der Waals surface area contributed by atoms with Crippen molar-refractivity contribution in [3.05, 3.63) is 66.5 Å². The molecule has 1 saturated heterocycles. The second-order valence-corrected chi connectivity index (χ2v) is 7.65. The highest BCUT2D eigenvalue weighted by Gasteiger charge is 2.24. The molecule has 0 bridgehead atoms. The Hall–Kier alpha value is -3.15. The van der Waals surface area contributed by atoms with Gasteiger partial charge in [-0.1, -0.05) is 42.5 Å². The van der Waals surface area contributed by atoms with Gasteiger partial charge in [0.1, 0.15) is 11.6 Å². The molecule has 0 unspecified atom stereocenters. The van der Waals surface area contributed by atoms with Crippen LogP contribution in [0.4, 0.5) is 21.8 Å². The van der Waals surface area contributed by atoms with Crippen LogP contribution in [-0.4, -0.2) is 42.2 Å². The van der Waals surface area contributed by atoms with Crippen molar-refractivity contribution in [1.82, 2.24) is 9.97 Å². The van der Waals surface area contributed by atoms with Gasteiger partial charge in [-0.15, -0.1) is 0 Å². The van der Waals surface area contributed by atoms with Crippen LogP contribution in [0, 0.1) is 5.82 Å². The summed E-state index contributed by atoms with van der Waals surface area (Å²) in [5, 5.41) is 3.51. The number of anilines is 3. The number of hydrogen-bond donors (Lipinski definition) is 1. The summed E-state index contributed by atoms with van der Waals surface area (Å²) in [6, 6.07) is 19.7. The summed E-state index contributed by atoms with van der Waals surface area (Å²) >= 11 is 0. The van der Waals surface area contributed by atoms with Crippen molar-refractivity contribution in [2.75, 3.05) is 41.3 Å². The van der Waals surface area contributed by atoms with E-state index in [-0.39, 0.29) is 5.82 Å². The zero-order chi connectivity index (χ0) is 19.6. The maximum Gasteiger partial charge on any atom is 0.227 e. The number of nitrogens with one attached hydrogen (secondary N) is 1. The minimum atomic E-state index is -0.167. The molecule has 0 amide bonds. The van der Waals surface area contributed by atoms with Crippen molar-refractivity contribution in [3.63, 3.8) is 0 Å². The highest BCUT2D eigenvalue weighted by molar-refractivity contribution is 5.65. The fourth-order valence-electron chi connectivity index (χ4n) is 3.70. The minimum absolute atomic E-state index is 0.167. The summed E-state index contributed by atoms with van der Waals surface area (Å²) < 4.78 is 14.1. The molecule has 1 aromatic heterocycles. The lowest BCUT2D eigenvalue weighted by Gasteiger charge is -2.36. The Labute approximate surface area is 170 Å². The molecule has 2 aliphatic rings. The standard InChI is InChI=1S/C23H24FN5/c24-19-8-4-5-9-21(19)28-12-14-29(15-13-28)23-26-20(17-6-2-1-3-7-17)16-22(27-23)25-18-10-11-18/h1-9,16,18H,10-15H2,(H,25,26,27). The Bertz CT molecular complexity index is 982. The number of benzene rings is 2. The first-order valence-corrected chi connectivity index (χ1v) is 10.2. The molecule has 148 valence electrons. The molecule has 3 aromatic rings. The molecule has 5 nitrogen and oxygen atoms in total. The van der Waals surface area contributed by atoms with Gasteiger partial charge in [0.15, 0.2) is 0 Å². The predicted molar refractivity (Wildman–Crippen MR) is 115 cm³/mol. The van der Waals surface area contributed by atoms with Gasteiger partial charge in [0.2, 0.25) is 5.95 Å². The summed E-state index contributed by atoms with van der Waals surface area (Å²) in [7, 11) is 0. The van der Waals surface area contributed by atoms with Crippen LogP contribution in [-0.2, 0) is 0 Å². The average Bonchev–Trinajstić information content (AvgIpc) is 3.59. The number of aromatic nitrogens is 2. The lowest BCUT2D eigenvalue weighted by atomic mass is 10.1. The second kappa shape index (κ2) is 7.70. The van der Waals surface area contributed by atoms with Crippen LogP contribution in [0.5, 0.6) is 0 Å². The Morgan fingerprint density at radius 1 is 0.828 bits per heavy atom. The van der Waals surface area contributed by atoms with E-state index in [1.54, 1.807) is 6.07 Å². The molecule has 2 heterocycles. The summed E-state index contributed by atoms with van der Waals surface area (Å²) in [6.07, 6.45) is 2.39. The van der Waals surface area contributed by atoms with Gasteiger partial charge in [-0.25, -0.2) is 9.37 Å². The van der Waals surface area contributed by atoms with E-state index < -0.39 is 0 Å². The van der Waals surface area contributed by atoms with Crippen molar-refractivity contribution in [3.8, 4) is 11.3 Å². The van der Waals surface area contributed by atoms with Gasteiger partial charge in [-0.2, -0.15) is 4.98 Å². The van der Waals surface area contributed by atoms with E-state index in [9.17, 15) is 4.39 Å². The third kappa shape index (κ3) is 4.01. The zero-order valence-electron chi connectivity index (χ0n) is 16.3. The van der Waals surface area contributed by atoms with Crippen molar-refractivity contribution >= 4 is 17.5 Å². The molecule has 5 rings (SSSR count). The summed E-state index contributed by atoms with van der Waals surface area (Å²) in [5.74, 6) is 1.45. The minimum Gasteiger partial charge on any atom is -0.367 e. The summed E-state index contributed by atoms with van der Waals surface area (Å²) in [6.45, 7) is 3.00. The average molecular weight is 389 g/mol. The highest BCUT2D eigenvalue weighted by atomic mass is 19.1. The number of para-hydroxylation sites is 1. The van der Waals surface area contributed by atoms with Gasteiger partial charge in [0, 0.05) is 43.9 Å². The molecule has 0 radical (unpaired) electrons. The molecule has 1 saturated carbocycles. The SMILES string of the molecule is Fc1ccccc1N1CCN(c2nc(NC3CC3)cc(-c3ccccc3)n2)CC1. The van der Waals surface area contributed by atoms with E-state index in [0.29, 0.717) is 11.7 Å². The molecule has 0 spiro atoms. The van der Waals surface area contributed by atoms with Crippen molar-refractivity contribution < 1.29 is 4.39 Å². The lowest BCUT2D eigenvalue weighted by molar-refractivity contribution is 0.594. The van der Waals surface area contributed by atoms with Crippen molar-refractivity contribution in [2.24, 2.45) is 0 Å². The van der Waals surface area contributed by atoms with E-state index in [1.807, 2.05) is 36.4 Å². The highest BCUT2D eigenvalue weighted by Crippen LogP contribution is 2.28. The van der Waals surface area contributed by atoms with Gasteiger partial charge in [-0.3, -0.25) is 0 Å². The topological polar surface area (TPSA) is 44.3 Å². The number of rotatable bonds is 5. The van der Waals surface area contributed by atoms with Crippen LogP contribution >= 0.6 is 0 Å². The molecule has 1 aliphatic carbocycles. The monoisotopic (exact) mass is 389 g/mol. The molecule has 29 heavy (non-hydrogen) atoms. The van der Waals surface area contributed by atoms with Gasteiger partial charge >= 0.3 is 0 Å². The molecule has 1 N–H and O–H groups in total. The maximum absolute atomic E-state index is 14.1. The second-order valence-electron chi connectivity index (χ2n) is 7.65. The number of nitrogens with zero attached hydrogens (tertiary/aromatic N) is 4. The third-order valence-corrected chi connectivity index (χ3v) is 5.47. The summed E-state index contributed by atoms with van der Waals surface area (Å²) in [5.41, 5.74) is 2.68. The first kappa shape index (κ1) is 17.9. The van der Waals surface area contributed by atoms with Crippen molar-refractivity contribution in [2.45, 2.75) is 18.9 Å². The molecule has 0 atom stereocenters. The molecule has 1 aliphatic heterocycles. The van der Waals surface area contributed by atoms with Gasteiger partial charge < -0.3 is 15.1 Å². The lowest BCUT2D eigenvalue weighted by Crippen LogP contribution is -2.47. The van der Waals surface area contributed by atoms with Crippen molar-refractivity contribution in [1.29, 1.82) is 0 Å².